The van der Waals surface area contributed by atoms with E-state index in [1.165, 1.54) is 0 Å². The smallest absolute Gasteiger partial charge is 0.410 e. The lowest BCUT2D eigenvalue weighted by atomic mass is 9.97. The molecule has 17 heavy (non-hydrogen) atoms. The molecule has 0 fully saturated rings. The molecule has 0 spiro atoms. The van der Waals surface area contributed by atoms with Crippen molar-refractivity contribution in [2.75, 3.05) is 13.2 Å². The molecule has 0 bridgehead atoms. The van der Waals surface area contributed by atoms with Crippen molar-refractivity contribution in [3.05, 3.63) is 22.5 Å². The third kappa shape index (κ3) is 2.49. The summed E-state index contributed by atoms with van der Waals surface area (Å²) in [5.41, 5.74) is 1.85. The maximum absolute atomic E-state index is 11.7. The SMILES string of the molecule is CCOC(=O)N1Cc2cc(Cl)nnc2C(C)C1. The second kappa shape index (κ2) is 4.87. The third-order valence-corrected chi connectivity index (χ3v) is 2.91. The summed E-state index contributed by atoms with van der Waals surface area (Å²) in [6.07, 6.45) is -0.294. The van der Waals surface area contributed by atoms with E-state index in [0.29, 0.717) is 24.8 Å². The minimum absolute atomic E-state index is 0.146. The highest BCUT2D eigenvalue weighted by Crippen LogP contribution is 2.27. The summed E-state index contributed by atoms with van der Waals surface area (Å²) in [6.45, 7) is 5.26. The second-order valence-corrected chi connectivity index (χ2v) is 4.45. The molecule has 5 nitrogen and oxygen atoms in total. The lowest BCUT2D eigenvalue weighted by molar-refractivity contribution is 0.0988. The van der Waals surface area contributed by atoms with Crippen LogP contribution in [0.4, 0.5) is 4.79 Å². The van der Waals surface area contributed by atoms with Crippen LogP contribution in [-0.2, 0) is 11.3 Å². The summed E-state index contributed by atoms with van der Waals surface area (Å²) in [5, 5.41) is 8.26. The molecule has 1 aromatic heterocycles. The molecule has 2 rings (SSSR count). The number of hydrogen-bond acceptors (Lipinski definition) is 4. The van der Waals surface area contributed by atoms with Crippen molar-refractivity contribution in [2.24, 2.45) is 0 Å². The van der Waals surface area contributed by atoms with E-state index in [0.717, 1.165) is 11.3 Å². The number of nitrogens with zero attached hydrogens (tertiary/aromatic N) is 3. The molecular weight excluding hydrogens is 242 g/mol. The molecule has 1 unspecified atom stereocenters. The molecule has 1 amide bonds. The van der Waals surface area contributed by atoms with Gasteiger partial charge in [0, 0.05) is 12.5 Å². The average Bonchev–Trinajstić information content (AvgIpc) is 2.28. The van der Waals surface area contributed by atoms with E-state index in [1.54, 1.807) is 17.9 Å². The van der Waals surface area contributed by atoms with Crippen LogP contribution in [0.25, 0.3) is 0 Å². The molecule has 1 aromatic rings. The summed E-state index contributed by atoms with van der Waals surface area (Å²) < 4.78 is 4.99. The van der Waals surface area contributed by atoms with Gasteiger partial charge in [-0.1, -0.05) is 18.5 Å². The van der Waals surface area contributed by atoms with Crippen LogP contribution in [0.3, 0.4) is 0 Å². The van der Waals surface area contributed by atoms with Gasteiger partial charge in [-0.15, -0.1) is 5.10 Å². The first-order valence-electron chi connectivity index (χ1n) is 5.55. The van der Waals surface area contributed by atoms with Gasteiger partial charge in [-0.25, -0.2) is 4.79 Å². The number of amides is 1. The van der Waals surface area contributed by atoms with E-state index in [-0.39, 0.29) is 12.0 Å². The fraction of sp³-hybridized carbons (Fsp3) is 0.545. The van der Waals surface area contributed by atoms with Crippen LogP contribution in [0.15, 0.2) is 6.07 Å². The number of aromatic nitrogens is 2. The van der Waals surface area contributed by atoms with Crippen LogP contribution >= 0.6 is 11.6 Å². The van der Waals surface area contributed by atoms with Gasteiger partial charge in [-0.05, 0) is 18.6 Å². The van der Waals surface area contributed by atoms with Crippen molar-refractivity contribution in [3.8, 4) is 0 Å². The molecule has 92 valence electrons. The first-order valence-corrected chi connectivity index (χ1v) is 5.93. The van der Waals surface area contributed by atoms with Gasteiger partial charge in [0.05, 0.1) is 18.8 Å². The van der Waals surface area contributed by atoms with Crippen molar-refractivity contribution in [1.29, 1.82) is 0 Å². The number of carbonyl (C=O) groups excluding carboxylic acids is 1. The average molecular weight is 256 g/mol. The molecule has 1 aliphatic heterocycles. The number of halogens is 1. The van der Waals surface area contributed by atoms with Crippen LogP contribution in [0, 0.1) is 0 Å². The van der Waals surface area contributed by atoms with Gasteiger partial charge in [-0.2, -0.15) is 5.10 Å². The zero-order chi connectivity index (χ0) is 12.4. The molecule has 0 aromatic carbocycles. The Hall–Kier alpha value is -1.36. The maximum Gasteiger partial charge on any atom is 0.410 e. The molecule has 1 atom stereocenters. The number of fused-ring (bicyclic) bond motifs is 1. The van der Waals surface area contributed by atoms with Crippen molar-refractivity contribution < 1.29 is 9.53 Å². The molecule has 6 heteroatoms. The van der Waals surface area contributed by atoms with Crippen molar-refractivity contribution >= 4 is 17.7 Å². The zero-order valence-corrected chi connectivity index (χ0v) is 10.6. The minimum Gasteiger partial charge on any atom is -0.450 e. The largest absolute Gasteiger partial charge is 0.450 e. The van der Waals surface area contributed by atoms with E-state index in [2.05, 4.69) is 10.2 Å². The van der Waals surface area contributed by atoms with Gasteiger partial charge in [0.15, 0.2) is 5.15 Å². The summed E-state index contributed by atoms with van der Waals surface area (Å²) in [4.78, 5) is 13.3. The molecule has 0 N–H and O–H groups in total. The van der Waals surface area contributed by atoms with Gasteiger partial charge in [-0.3, -0.25) is 0 Å². The second-order valence-electron chi connectivity index (χ2n) is 4.06. The van der Waals surface area contributed by atoms with Crippen LogP contribution in [0.2, 0.25) is 5.15 Å². The first-order chi connectivity index (χ1) is 8.11. The van der Waals surface area contributed by atoms with E-state index < -0.39 is 0 Å². The Bertz CT molecular complexity index is 439. The van der Waals surface area contributed by atoms with Crippen molar-refractivity contribution in [3.63, 3.8) is 0 Å². The molecular formula is C11H14ClN3O2. The Morgan fingerprint density at radius 1 is 1.65 bits per heavy atom. The van der Waals surface area contributed by atoms with Crippen molar-refractivity contribution in [2.45, 2.75) is 26.3 Å². The Morgan fingerprint density at radius 3 is 3.12 bits per heavy atom. The summed E-state index contributed by atoms with van der Waals surface area (Å²) in [5.74, 6) is 0.146. The molecule has 0 aliphatic carbocycles. The Kier molecular flexibility index (Phi) is 3.47. The summed E-state index contributed by atoms with van der Waals surface area (Å²) >= 11 is 5.80. The number of ether oxygens (including phenoxy) is 1. The molecule has 1 aliphatic rings. The highest BCUT2D eigenvalue weighted by atomic mass is 35.5. The highest BCUT2D eigenvalue weighted by molar-refractivity contribution is 6.29. The van der Waals surface area contributed by atoms with E-state index >= 15 is 0 Å². The van der Waals surface area contributed by atoms with E-state index in [1.807, 2.05) is 6.92 Å². The molecule has 0 radical (unpaired) electrons. The fourth-order valence-corrected chi connectivity index (χ4v) is 2.16. The molecule has 0 saturated carbocycles. The zero-order valence-electron chi connectivity index (χ0n) is 9.81. The fourth-order valence-electron chi connectivity index (χ4n) is 2.00. The monoisotopic (exact) mass is 255 g/mol. The predicted octanol–water partition coefficient (Wildman–Crippen LogP) is 2.21. The Labute approximate surface area is 105 Å². The van der Waals surface area contributed by atoms with E-state index in [9.17, 15) is 4.79 Å². The molecule has 0 saturated heterocycles. The minimum atomic E-state index is -0.294. The lowest BCUT2D eigenvalue weighted by Gasteiger charge is -2.30. The number of carbonyl (C=O) groups is 1. The maximum atomic E-state index is 11.7. The van der Waals surface area contributed by atoms with Gasteiger partial charge in [0.1, 0.15) is 0 Å². The van der Waals surface area contributed by atoms with Crippen LogP contribution in [-0.4, -0.2) is 34.3 Å². The number of rotatable bonds is 1. The highest BCUT2D eigenvalue weighted by Gasteiger charge is 2.28. The summed E-state index contributed by atoms with van der Waals surface area (Å²) in [7, 11) is 0. The van der Waals surface area contributed by atoms with Crippen LogP contribution < -0.4 is 0 Å². The standard InChI is InChI=1S/C11H14ClN3O2/c1-3-17-11(16)15-5-7(2)10-8(6-15)4-9(12)13-14-10/h4,7H,3,5-6H2,1-2H3. The Balaban J connectivity index is 2.22. The molecule has 2 heterocycles. The summed E-state index contributed by atoms with van der Waals surface area (Å²) in [6, 6.07) is 1.76. The van der Waals surface area contributed by atoms with Gasteiger partial charge in [0.25, 0.3) is 0 Å². The van der Waals surface area contributed by atoms with Gasteiger partial charge in [0.2, 0.25) is 0 Å². The van der Waals surface area contributed by atoms with Crippen LogP contribution in [0.1, 0.15) is 31.0 Å². The first kappa shape index (κ1) is 12.1. The quantitative estimate of drug-likeness (QED) is 0.772. The third-order valence-electron chi connectivity index (χ3n) is 2.72. The topological polar surface area (TPSA) is 55.3 Å². The van der Waals surface area contributed by atoms with Gasteiger partial charge >= 0.3 is 6.09 Å². The lowest BCUT2D eigenvalue weighted by Crippen LogP contribution is -2.38. The van der Waals surface area contributed by atoms with E-state index in [4.69, 9.17) is 16.3 Å². The Morgan fingerprint density at radius 2 is 2.41 bits per heavy atom. The van der Waals surface area contributed by atoms with Crippen molar-refractivity contribution in [1.82, 2.24) is 15.1 Å². The predicted molar refractivity (Wildman–Crippen MR) is 62.9 cm³/mol. The van der Waals surface area contributed by atoms with Crippen LogP contribution in [0.5, 0.6) is 0 Å². The van der Waals surface area contributed by atoms with Gasteiger partial charge < -0.3 is 9.64 Å². The number of hydrogen-bond donors (Lipinski definition) is 0. The normalized spacial score (nSPS) is 18.8.